The maximum absolute atomic E-state index is 9.30. The summed E-state index contributed by atoms with van der Waals surface area (Å²) in [6, 6.07) is 5.68. The molecule has 2 rings (SSSR count). The lowest BCUT2D eigenvalue weighted by Crippen LogP contribution is -2.41. The average Bonchev–Trinajstić information content (AvgIpc) is 2.57. The van der Waals surface area contributed by atoms with Gasteiger partial charge in [-0.05, 0) is 55.8 Å². The summed E-state index contributed by atoms with van der Waals surface area (Å²) in [4.78, 5) is 0. The maximum atomic E-state index is 9.30. The molecule has 0 bridgehead atoms. The highest BCUT2D eigenvalue weighted by Gasteiger charge is 2.52. The summed E-state index contributed by atoms with van der Waals surface area (Å²) in [6.45, 7) is 7.93. The third kappa shape index (κ3) is 2.46. The van der Waals surface area contributed by atoms with Crippen LogP contribution in [-0.2, 0) is 9.31 Å². The van der Waals surface area contributed by atoms with Crippen LogP contribution < -0.4 is 10.2 Å². The van der Waals surface area contributed by atoms with Gasteiger partial charge in [-0.15, -0.1) is 0 Å². The molecule has 1 aliphatic heterocycles. The number of hydrogen-bond donors (Lipinski definition) is 0. The van der Waals surface area contributed by atoms with Crippen LogP contribution in [0.2, 0.25) is 0 Å². The summed E-state index contributed by atoms with van der Waals surface area (Å²) in [5.74, 6) is 0.647. The van der Waals surface area contributed by atoms with Gasteiger partial charge in [-0.3, -0.25) is 0 Å². The monoisotopic (exact) mass is 337 g/mol. The first-order valence-corrected chi connectivity index (χ1v) is 7.14. The molecular weight excluding hydrogens is 321 g/mol. The Kier molecular flexibility index (Phi) is 3.89. The number of ether oxygens (including phenoxy) is 1. The highest BCUT2D eigenvalue weighted by atomic mass is 79.9. The van der Waals surface area contributed by atoms with Crippen LogP contribution in [0.3, 0.4) is 0 Å². The van der Waals surface area contributed by atoms with Crippen LogP contribution in [0.1, 0.15) is 33.3 Å². The highest BCUT2D eigenvalue weighted by molar-refractivity contribution is 9.10. The van der Waals surface area contributed by atoms with Gasteiger partial charge in [0.1, 0.15) is 5.75 Å². The van der Waals surface area contributed by atoms with Crippen LogP contribution in [0.15, 0.2) is 16.6 Å². The second-order valence-corrected chi connectivity index (χ2v) is 6.63. The van der Waals surface area contributed by atoms with Gasteiger partial charge >= 0.3 is 7.12 Å². The predicted molar refractivity (Wildman–Crippen MR) is 81.1 cm³/mol. The van der Waals surface area contributed by atoms with Crippen LogP contribution in [0, 0.1) is 11.3 Å². The standard InChI is InChI=1S/C14H17BBrNO3/c1-13(2)14(3,4)20-15(19-13)10-7-12(18-5)11(16)6-9(10)8-17/h6-7H,1-5H3. The highest BCUT2D eigenvalue weighted by Crippen LogP contribution is 2.37. The van der Waals surface area contributed by atoms with E-state index in [-0.39, 0.29) is 0 Å². The molecule has 0 aromatic heterocycles. The molecule has 0 saturated carbocycles. The van der Waals surface area contributed by atoms with Crippen LogP contribution in [0.25, 0.3) is 0 Å². The molecule has 1 fully saturated rings. The summed E-state index contributed by atoms with van der Waals surface area (Å²) in [6.07, 6.45) is 0. The molecule has 0 amide bonds. The first kappa shape index (κ1) is 15.4. The van der Waals surface area contributed by atoms with E-state index in [0.29, 0.717) is 16.8 Å². The van der Waals surface area contributed by atoms with Crippen molar-refractivity contribution >= 4 is 28.5 Å². The van der Waals surface area contributed by atoms with Crippen molar-refractivity contribution in [3.63, 3.8) is 0 Å². The van der Waals surface area contributed by atoms with Crippen LogP contribution in [0.5, 0.6) is 5.75 Å². The molecule has 0 spiro atoms. The van der Waals surface area contributed by atoms with E-state index in [1.165, 1.54) is 0 Å². The van der Waals surface area contributed by atoms with E-state index >= 15 is 0 Å². The van der Waals surface area contributed by atoms with Crippen LogP contribution >= 0.6 is 15.9 Å². The number of halogens is 1. The van der Waals surface area contributed by atoms with Gasteiger partial charge in [-0.2, -0.15) is 5.26 Å². The molecule has 0 unspecified atom stereocenters. The topological polar surface area (TPSA) is 51.5 Å². The zero-order chi connectivity index (χ0) is 15.1. The summed E-state index contributed by atoms with van der Waals surface area (Å²) < 4.78 is 18.0. The molecule has 6 heteroatoms. The number of rotatable bonds is 2. The van der Waals surface area contributed by atoms with Crippen molar-refractivity contribution in [1.29, 1.82) is 5.26 Å². The summed E-state index contributed by atoms with van der Waals surface area (Å²) >= 11 is 3.38. The Morgan fingerprint density at radius 2 is 1.75 bits per heavy atom. The van der Waals surface area contributed by atoms with Gasteiger partial charge in [-0.1, -0.05) is 0 Å². The Morgan fingerprint density at radius 1 is 1.20 bits per heavy atom. The van der Waals surface area contributed by atoms with E-state index in [2.05, 4.69) is 22.0 Å². The van der Waals surface area contributed by atoms with Crippen molar-refractivity contribution < 1.29 is 14.0 Å². The van der Waals surface area contributed by atoms with Crippen molar-refractivity contribution in [2.75, 3.05) is 7.11 Å². The summed E-state index contributed by atoms with van der Waals surface area (Å²) in [5.41, 5.74) is 0.317. The smallest absolute Gasteiger partial charge is 0.496 e. The van der Waals surface area contributed by atoms with Gasteiger partial charge in [0.15, 0.2) is 0 Å². The Balaban J connectivity index is 2.47. The Labute approximate surface area is 128 Å². The van der Waals surface area contributed by atoms with Gasteiger partial charge in [0.25, 0.3) is 0 Å². The van der Waals surface area contributed by atoms with E-state index in [9.17, 15) is 5.26 Å². The minimum Gasteiger partial charge on any atom is -0.496 e. The molecule has 4 nitrogen and oxygen atoms in total. The second kappa shape index (κ2) is 5.07. The maximum Gasteiger partial charge on any atom is 0.496 e. The molecule has 1 aromatic carbocycles. The molecule has 1 aromatic rings. The largest absolute Gasteiger partial charge is 0.496 e. The molecule has 1 saturated heterocycles. The van der Waals surface area contributed by atoms with Crippen molar-refractivity contribution in [3.05, 3.63) is 22.2 Å². The minimum absolute atomic E-state index is 0.440. The van der Waals surface area contributed by atoms with Gasteiger partial charge in [-0.25, -0.2) is 0 Å². The third-order valence-corrected chi connectivity index (χ3v) is 4.57. The molecule has 1 heterocycles. The molecule has 0 N–H and O–H groups in total. The first-order valence-electron chi connectivity index (χ1n) is 6.35. The van der Waals surface area contributed by atoms with E-state index < -0.39 is 18.3 Å². The second-order valence-electron chi connectivity index (χ2n) is 5.77. The third-order valence-electron chi connectivity index (χ3n) is 3.95. The molecule has 0 aliphatic carbocycles. The van der Waals surface area contributed by atoms with Crippen molar-refractivity contribution in [3.8, 4) is 11.8 Å². The SMILES string of the molecule is COc1cc(B2OC(C)(C)C(C)(C)O2)c(C#N)cc1Br. The number of nitriles is 1. The number of hydrogen-bond acceptors (Lipinski definition) is 4. The van der Waals surface area contributed by atoms with Crippen LogP contribution in [-0.4, -0.2) is 25.4 Å². The fourth-order valence-corrected chi connectivity index (χ4v) is 2.49. The lowest BCUT2D eigenvalue weighted by Gasteiger charge is -2.32. The molecule has 106 valence electrons. The van der Waals surface area contributed by atoms with Gasteiger partial charge in [0.2, 0.25) is 0 Å². The minimum atomic E-state index is -0.573. The summed E-state index contributed by atoms with van der Waals surface area (Å²) in [5, 5.41) is 9.30. The first-order chi connectivity index (χ1) is 9.21. The fraction of sp³-hybridized carbons (Fsp3) is 0.500. The van der Waals surface area contributed by atoms with E-state index in [4.69, 9.17) is 14.0 Å². The van der Waals surface area contributed by atoms with E-state index in [1.54, 1.807) is 19.2 Å². The molecule has 0 radical (unpaired) electrons. The van der Waals surface area contributed by atoms with Crippen LogP contribution in [0.4, 0.5) is 0 Å². The van der Waals surface area contributed by atoms with E-state index in [0.717, 1.165) is 4.47 Å². The molecular formula is C14H17BBrNO3. The number of methoxy groups -OCH3 is 1. The fourth-order valence-electron chi connectivity index (χ4n) is 1.99. The van der Waals surface area contributed by atoms with Gasteiger partial charge in [0.05, 0.1) is 34.4 Å². The van der Waals surface area contributed by atoms with Gasteiger partial charge < -0.3 is 14.0 Å². The zero-order valence-electron chi connectivity index (χ0n) is 12.3. The quantitative estimate of drug-likeness (QED) is 0.778. The predicted octanol–water partition coefficient (Wildman–Crippen LogP) is 2.63. The van der Waals surface area contributed by atoms with Crippen molar-refractivity contribution in [2.45, 2.75) is 38.9 Å². The summed E-state index contributed by atoms with van der Waals surface area (Å²) in [7, 11) is 1.01. The average molecular weight is 338 g/mol. The van der Waals surface area contributed by atoms with Crippen molar-refractivity contribution in [2.24, 2.45) is 0 Å². The normalized spacial score (nSPS) is 19.8. The number of nitrogens with zero attached hydrogens (tertiary/aromatic N) is 1. The molecule has 0 atom stereocenters. The molecule has 1 aliphatic rings. The Morgan fingerprint density at radius 3 is 2.20 bits per heavy atom. The lowest BCUT2D eigenvalue weighted by molar-refractivity contribution is 0.00578. The Hall–Kier alpha value is -1.03. The Bertz CT molecular complexity index is 565. The molecule has 20 heavy (non-hydrogen) atoms. The van der Waals surface area contributed by atoms with Crippen molar-refractivity contribution in [1.82, 2.24) is 0 Å². The van der Waals surface area contributed by atoms with Gasteiger partial charge in [0, 0.05) is 5.46 Å². The van der Waals surface area contributed by atoms with E-state index in [1.807, 2.05) is 27.7 Å². The zero-order valence-corrected chi connectivity index (χ0v) is 13.9. The number of benzene rings is 1. The lowest BCUT2D eigenvalue weighted by atomic mass is 9.76.